The van der Waals surface area contributed by atoms with E-state index in [0.717, 1.165) is 13.0 Å². The van der Waals surface area contributed by atoms with Crippen LogP contribution >= 0.6 is 0 Å². The zero-order valence-corrected chi connectivity index (χ0v) is 5.77. The van der Waals surface area contributed by atoms with Gasteiger partial charge in [0.25, 0.3) is 0 Å². The summed E-state index contributed by atoms with van der Waals surface area (Å²) >= 11 is 0. The monoisotopic (exact) mass is 129 g/mol. The average molecular weight is 129 g/mol. The third-order valence-electron chi connectivity index (χ3n) is 2.49. The highest BCUT2D eigenvalue weighted by atomic mass is 16.3. The van der Waals surface area contributed by atoms with Crippen molar-refractivity contribution in [3.63, 3.8) is 0 Å². The van der Waals surface area contributed by atoms with E-state index in [0.29, 0.717) is 12.0 Å². The molecule has 1 rings (SSSR count). The molecule has 0 saturated heterocycles. The fourth-order valence-electron chi connectivity index (χ4n) is 1.47. The molecule has 0 atom stereocenters. The van der Waals surface area contributed by atoms with Crippen molar-refractivity contribution in [1.29, 1.82) is 0 Å². The van der Waals surface area contributed by atoms with Crippen LogP contribution < -0.4 is 5.73 Å². The Morgan fingerprint density at radius 3 is 2.22 bits per heavy atom. The molecule has 2 heteroatoms. The highest BCUT2D eigenvalue weighted by Gasteiger charge is 2.34. The van der Waals surface area contributed by atoms with Gasteiger partial charge in [0.15, 0.2) is 0 Å². The molecule has 9 heavy (non-hydrogen) atoms. The molecule has 3 N–H and O–H groups in total. The maximum Gasteiger partial charge on any atom is 0.0436 e. The van der Waals surface area contributed by atoms with Crippen molar-refractivity contribution in [2.75, 3.05) is 13.2 Å². The minimum Gasteiger partial charge on any atom is -0.396 e. The maximum absolute atomic E-state index is 8.64. The number of nitrogens with two attached hydrogens (primary N) is 1. The lowest BCUT2D eigenvalue weighted by Gasteiger charge is -2.40. The number of hydrogen-bond donors (Lipinski definition) is 2. The summed E-state index contributed by atoms with van der Waals surface area (Å²) in [5, 5.41) is 8.64. The van der Waals surface area contributed by atoms with E-state index in [-0.39, 0.29) is 0 Å². The lowest BCUT2D eigenvalue weighted by Crippen LogP contribution is -2.37. The zero-order chi connectivity index (χ0) is 6.74. The van der Waals surface area contributed by atoms with Crippen molar-refractivity contribution in [2.24, 2.45) is 11.1 Å². The van der Waals surface area contributed by atoms with Gasteiger partial charge < -0.3 is 10.8 Å². The predicted octanol–water partition coefficient (Wildman–Crippen LogP) is 0.498. The quantitative estimate of drug-likeness (QED) is 0.583. The Kier molecular flexibility index (Phi) is 2.09. The molecule has 0 aromatic carbocycles. The Bertz CT molecular complexity index is 83.4. The molecule has 54 valence electrons. The summed E-state index contributed by atoms with van der Waals surface area (Å²) in [6.07, 6.45) is 4.66. The molecule has 0 heterocycles. The van der Waals surface area contributed by atoms with Crippen LogP contribution in [0.1, 0.15) is 25.7 Å². The topological polar surface area (TPSA) is 46.2 Å². The molecule has 1 saturated carbocycles. The van der Waals surface area contributed by atoms with Gasteiger partial charge in [0, 0.05) is 6.61 Å². The van der Waals surface area contributed by atoms with Crippen LogP contribution in [0.2, 0.25) is 0 Å². The SMILES string of the molecule is NCC1(CCO)CCC1. The maximum atomic E-state index is 8.64. The van der Waals surface area contributed by atoms with Crippen LogP contribution in [0.3, 0.4) is 0 Å². The highest BCUT2D eigenvalue weighted by molar-refractivity contribution is 4.87. The van der Waals surface area contributed by atoms with Gasteiger partial charge in [0.05, 0.1) is 0 Å². The molecule has 0 radical (unpaired) electrons. The van der Waals surface area contributed by atoms with Gasteiger partial charge in [-0.2, -0.15) is 0 Å². The van der Waals surface area contributed by atoms with Crippen LogP contribution in [0, 0.1) is 5.41 Å². The summed E-state index contributed by atoms with van der Waals surface area (Å²) in [6.45, 7) is 1.06. The van der Waals surface area contributed by atoms with Crippen molar-refractivity contribution in [2.45, 2.75) is 25.7 Å². The Hall–Kier alpha value is -0.0800. The molecule has 0 spiro atoms. The molecule has 0 bridgehead atoms. The molecule has 0 aromatic rings. The predicted molar refractivity (Wildman–Crippen MR) is 37.0 cm³/mol. The third kappa shape index (κ3) is 1.25. The van der Waals surface area contributed by atoms with Gasteiger partial charge >= 0.3 is 0 Å². The molecule has 0 amide bonds. The van der Waals surface area contributed by atoms with Crippen molar-refractivity contribution < 1.29 is 5.11 Å². The fraction of sp³-hybridized carbons (Fsp3) is 1.00. The molecule has 2 nitrogen and oxygen atoms in total. The fourth-order valence-corrected chi connectivity index (χ4v) is 1.47. The number of aliphatic hydroxyl groups is 1. The van der Waals surface area contributed by atoms with Crippen molar-refractivity contribution in [1.82, 2.24) is 0 Å². The van der Waals surface area contributed by atoms with E-state index in [9.17, 15) is 0 Å². The van der Waals surface area contributed by atoms with Gasteiger partial charge in [-0.15, -0.1) is 0 Å². The second-order valence-corrected chi connectivity index (χ2v) is 3.03. The summed E-state index contributed by atoms with van der Waals surface area (Å²) in [5.41, 5.74) is 5.89. The Morgan fingerprint density at radius 1 is 1.44 bits per heavy atom. The van der Waals surface area contributed by atoms with E-state index >= 15 is 0 Å². The van der Waals surface area contributed by atoms with Gasteiger partial charge in [-0.1, -0.05) is 6.42 Å². The van der Waals surface area contributed by atoms with Gasteiger partial charge in [-0.3, -0.25) is 0 Å². The first kappa shape index (κ1) is 7.03. The average Bonchev–Trinajstić information content (AvgIpc) is 1.79. The Balaban J connectivity index is 2.28. The van der Waals surface area contributed by atoms with Crippen LogP contribution in [0.25, 0.3) is 0 Å². The van der Waals surface area contributed by atoms with Crippen molar-refractivity contribution in [3.8, 4) is 0 Å². The van der Waals surface area contributed by atoms with E-state index in [1.165, 1.54) is 19.3 Å². The molecule has 0 aromatic heterocycles. The lowest BCUT2D eigenvalue weighted by atomic mass is 9.67. The first-order valence-corrected chi connectivity index (χ1v) is 3.64. The van der Waals surface area contributed by atoms with Gasteiger partial charge in [0.1, 0.15) is 0 Å². The first-order chi connectivity index (χ1) is 4.33. The molecule has 0 aliphatic heterocycles. The van der Waals surface area contributed by atoms with Gasteiger partial charge in [-0.05, 0) is 31.2 Å². The Morgan fingerprint density at radius 2 is 2.11 bits per heavy atom. The summed E-state index contributed by atoms with van der Waals surface area (Å²) in [6, 6.07) is 0. The number of aliphatic hydroxyl groups excluding tert-OH is 1. The second kappa shape index (κ2) is 2.67. The zero-order valence-electron chi connectivity index (χ0n) is 5.77. The lowest BCUT2D eigenvalue weighted by molar-refractivity contribution is 0.0968. The summed E-state index contributed by atoms with van der Waals surface area (Å²) in [5.74, 6) is 0. The summed E-state index contributed by atoms with van der Waals surface area (Å²) in [4.78, 5) is 0. The van der Waals surface area contributed by atoms with E-state index in [4.69, 9.17) is 10.8 Å². The number of hydrogen-bond acceptors (Lipinski definition) is 2. The van der Waals surface area contributed by atoms with Crippen LogP contribution in [0.4, 0.5) is 0 Å². The normalized spacial score (nSPS) is 23.3. The highest BCUT2D eigenvalue weighted by Crippen LogP contribution is 2.42. The van der Waals surface area contributed by atoms with Crippen molar-refractivity contribution in [3.05, 3.63) is 0 Å². The van der Waals surface area contributed by atoms with Crippen LogP contribution in [0.5, 0.6) is 0 Å². The second-order valence-electron chi connectivity index (χ2n) is 3.03. The van der Waals surface area contributed by atoms with Crippen LogP contribution in [-0.2, 0) is 0 Å². The summed E-state index contributed by atoms with van der Waals surface area (Å²) in [7, 11) is 0. The van der Waals surface area contributed by atoms with Gasteiger partial charge in [0.2, 0.25) is 0 Å². The smallest absolute Gasteiger partial charge is 0.0436 e. The van der Waals surface area contributed by atoms with Crippen LogP contribution in [0.15, 0.2) is 0 Å². The van der Waals surface area contributed by atoms with Gasteiger partial charge in [-0.25, -0.2) is 0 Å². The van der Waals surface area contributed by atoms with Crippen molar-refractivity contribution >= 4 is 0 Å². The molecular formula is C7H15NO. The van der Waals surface area contributed by atoms with E-state index in [1.807, 2.05) is 0 Å². The largest absolute Gasteiger partial charge is 0.396 e. The summed E-state index contributed by atoms with van der Waals surface area (Å²) < 4.78 is 0. The van der Waals surface area contributed by atoms with E-state index in [2.05, 4.69) is 0 Å². The standard InChI is InChI=1S/C7H15NO/c8-6-7(4-5-9)2-1-3-7/h9H,1-6,8H2. The minimum atomic E-state index is 0.303. The Labute approximate surface area is 56.1 Å². The third-order valence-corrected chi connectivity index (χ3v) is 2.49. The molecule has 1 aliphatic carbocycles. The molecule has 1 aliphatic rings. The van der Waals surface area contributed by atoms with E-state index < -0.39 is 0 Å². The van der Waals surface area contributed by atoms with E-state index in [1.54, 1.807) is 0 Å². The van der Waals surface area contributed by atoms with Crippen LogP contribution in [-0.4, -0.2) is 18.3 Å². The first-order valence-electron chi connectivity index (χ1n) is 3.64. The molecule has 0 unspecified atom stereocenters. The molecular weight excluding hydrogens is 114 g/mol. The number of rotatable bonds is 3. The minimum absolute atomic E-state index is 0.303. The molecule has 1 fully saturated rings.